The van der Waals surface area contributed by atoms with Crippen LogP contribution in [0.1, 0.15) is 49.0 Å². The number of hydrogen-bond donors (Lipinski definition) is 3. The number of aromatic nitrogens is 1. The maximum atomic E-state index is 12.0. The van der Waals surface area contributed by atoms with Crippen LogP contribution in [0.3, 0.4) is 0 Å². The fraction of sp³-hybridized carbons (Fsp3) is 0.417. The van der Waals surface area contributed by atoms with Crippen molar-refractivity contribution in [3.63, 3.8) is 0 Å². The fourth-order valence-corrected chi connectivity index (χ4v) is 3.05. The van der Waals surface area contributed by atoms with Crippen LogP contribution in [0.5, 0.6) is 5.75 Å². The number of ether oxygens (including phenoxy) is 1. The van der Waals surface area contributed by atoms with Crippen LogP contribution < -0.4 is 14.8 Å². The molecule has 0 aliphatic heterocycles. The first-order chi connectivity index (χ1) is 16.3. The van der Waals surface area contributed by atoms with E-state index >= 15 is 0 Å². The van der Waals surface area contributed by atoms with Crippen LogP contribution >= 0.6 is 0 Å². The first kappa shape index (κ1) is 28.4. The Hall–Kier alpha value is -3.66. The van der Waals surface area contributed by atoms with E-state index in [0.717, 1.165) is 38.2 Å². The lowest BCUT2D eigenvalue weighted by Crippen LogP contribution is -2.30. The Balaban J connectivity index is 0.000000852. The van der Waals surface area contributed by atoms with Crippen LogP contribution in [-0.2, 0) is 16.1 Å². The molecule has 0 saturated carbocycles. The topological polar surface area (TPSA) is 143 Å². The zero-order chi connectivity index (χ0) is 25.3. The molecule has 0 fully saturated rings. The Morgan fingerprint density at radius 1 is 1.06 bits per heavy atom. The highest BCUT2D eigenvalue weighted by atomic mass is 16.5. The number of amides is 1. The summed E-state index contributed by atoms with van der Waals surface area (Å²) in [6, 6.07) is 11.4. The van der Waals surface area contributed by atoms with Crippen molar-refractivity contribution in [2.45, 2.75) is 39.7 Å². The van der Waals surface area contributed by atoms with Crippen molar-refractivity contribution in [3.05, 3.63) is 65.1 Å². The Bertz CT molecular complexity index is 903. The molecule has 1 aromatic heterocycles. The number of carbonyl (C=O) groups excluding carboxylic acids is 1. The zero-order valence-electron chi connectivity index (χ0n) is 19.6. The van der Waals surface area contributed by atoms with Crippen LogP contribution in [0, 0.1) is 5.21 Å². The Morgan fingerprint density at radius 2 is 1.74 bits per heavy atom. The minimum atomic E-state index is -1.82. The largest absolute Gasteiger partial charge is 0.619 e. The number of pyridine rings is 1. The molecule has 2 rings (SSSR count). The van der Waals surface area contributed by atoms with Gasteiger partial charge in [0.2, 0.25) is 0 Å². The van der Waals surface area contributed by atoms with Gasteiger partial charge in [-0.1, -0.05) is 26.0 Å². The van der Waals surface area contributed by atoms with Gasteiger partial charge in [-0.2, -0.15) is 4.73 Å². The van der Waals surface area contributed by atoms with Crippen molar-refractivity contribution in [2.75, 3.05) is 26.2 Å². The summed E-state index contributed by atoms with van der Waals surface area (Å²) in [5, 5.41) is 28.8. The zero-order valence-corrected chi connectivity index (χ0v) is 19.6. The van der Waals surface area contributed by atoms with Crippen molar-refractivity contribution in [3.8, 4) is 5.75 Å². The van der Waals surface area contributed by atoms with E-state index in [-0.39, 0.29) is 5.91 Å². The third-order valence-corrected chi connectivity index (χ3v) is 4.48. The molecule has 1 aromatic carbocycles. The van der Waals surface area contributed by atoms with Crippen LogP contribution in [0.2, 0.25) is 0 Å². The first-order valence-electron chi connectivity index (χ1n) is 11.1. The number of hydrogen-bond acceptors (Lipinski definition) is 6. The first-order valence-corrected chi connectivity index (χ1v) is 11.1. The molecule has 0 radical (unpaired) electrons. The van der Waals surface area contributed by atoms with Crippen molar-refractivity contribution < 1.29 is 34.1 Å². The normalized spacial score (nSPS) is 10.2. The third-order valence-electron chi connectivity index (χ3n) is 4.48. The van der Waals surface area contributed by atoms with Crippen LogP contribution in [0.15, 0.2) is 48.8 Å². The van der Waals surface area contributed by atoms with Gasteiger partial charge in [0.1, 0.15) is 11.3 Å². The number of nitrogens with zero attached hydrogens (tertiary/aromatic N) is 2. The molecule has 2 aromatic rings. The summed E-state index contributed by atoms with van der Waals surface area (Å²) in [6.45, 7) is 8.57. The second-order valence-corrected chi connectivity index (χ2v) is 7.44. The van der Waals surface area contributed by atoms with E-state index in [1.54, 1.807) is 12.1 Å². The van der Waals surface area contributed by atoms with Crippen LogP contribution in [-0.4, -0.2) is 59.2 Å². The monoisotopic (exact) mass is 475 g/mol. The number of aliphatic carboxylic acids is 2. The lowest BCUT2D eigenvalue weighted by Gasteiger charge is -2.21. The number of rotatable bonds is 12. The molecule has 10 nitrogen and oxygen atoms in total. The number of carboxylic acid groups (broad SMARTS) is 2. The molecule has 34 heavy (non-hydrogen) atoms. The maximum Gasteiger partial charge on any atom is 0.414 e. The van der Waals surface area contributed by atoms with Crippen molar-refractivity contribution in [1.29, 1.82) is 0 Å². The van der Waals surface area contributed by atoms with Gasteiger partial charge in [-0.25, -0.2) is 9.59 Å². The third kappa shape index (κ3) is 11.8. The van der Waals surface area contributed by atoms with Gasteiger partial charge in [0.15, 0.2) is 12.4 Å². The predicted molar refractivity (Wildman–Crippen MR) is 125 cm³/mol. The van der Waals surface area contributed by atoms with Crippen molar-refractivity contribution in [1.82, 2.24) is 10.2 Å². The Morgan fingerprint density at radius 3 is 2.32 bits per heavy atom. The summed E-state index contributed by atoms with van der Waals surface area (Å²) in [6.07, 6.45) is 5.61. The van der Waals surface area contributed by atoms with E-state index in [9.17, 15) is 10.0 Å². The van der Waals surface area contributed by atoms with Gasteiger partial charge < -0.3 is 25.5 Å². The predicted octanol–water partition coefficient (Wildman–Crippen LogP) is 2.30. The molecule has 0 bridgehead atoms. The summed E-state index contributed by atoms with van der Waals surface area (Å²) in [5.41, 5.74) is 1.61. The molecule has 0 unspecified atom stereocenters. The molecule has 1 heterocycles. The number of carboxylic acids is 2. The standard InChI is InChI=1S/C22H31N3O3.C2H2O4/c1-3-12-24(13-4-2)17-19-8-5-10-21(16-19)28-15-7-11-23-22(26)20-9-6-14-25(27)18-20;3-1(4)2(5)6/h5-6,8-10,14,16,18H,3-4,7,11-13,15,17H2,1-2H3,(H,23,26);(H,3,4)(H,5,6). The molecule has 0 aliphatic rings. The van der Waals surface area contributed by atoms with Gasteiger partial charge in [-0.15, -0.1) is 0 Å². The molecule has 0 saturated heterocycles. The van der Waals surface area contributed by atoms with E-state index in [1.807, 2.05) is 12.1 Å². The number of benzene rings is 1. The number of carbonyl (C=O) groups is 3. The van der Waals surface area contributed by atoms with Gasteiger partial charge in [0, 0.05) is 19.2 Å². The average molecular weight is 476 g/mol. The second kappa shape index (κ2) is 16.0. The average Bonchev–Trinajstić information content (AvgIpc) is 2.79. The number of nitrogens with one attached hydrogen (secondary N) is 1. The SMILES string of the molecule is CCCN(CCC)Cc1cccc(OCCCNC(=O)c2ccc[n+]([O-])c2)c1.O=C(O)C(=O)O. The Kier molecular flexibility index (Phi) is 13.4. The van der Waals surface area contributed by atoms with Crippen molar-refractivity contribution >= 4 is 17.8 Å². The van der Waals surface area contributed by atoms with E-state index in [1.165, 1.54) is 18.0 Å². The van der Waals surface area contributed by atoms with Crippen LogP contribution in [0.4, 0.5) is 0 Å². The fourth-order valence-electron chi connectivity index (χ4n) is 3.05. The van der Waals surface area contributed by atoms with Gasteiger partial charge in [0.05, 0.1) is 6.61 Å². The molecule has 1 amide bonds. The van der Waals surface area contributed by atoms with E-state index in [0.29, 0.717) is 29.9 Å². The smallest absolute Gasteiger partial charge is 0.414 e. The van der Waals surface area contributed by atoms with E-state index < -0.39 is 11.9 Å². The van der Waals surface area contributed by atoms with Crippen molar-refractivity contribution in [2.24, 2.45) is 0 Å². The van der Waals surface area contributed by atoms with E-state index in [2.05, 4.69) is 36.2 Å². The maximum absolute atomic E-state index is 12.0. The highest BCUT2D eigenvalue weighted by molar-refractivity contribution is 6.27. The summed E-state index contributed by atoms with van der Waals surface area (Å²) in [7, 11) is 0. The van der Waals surface area contributed by atoms with Gasteiger partial charge >= 0.3 is 11.9 Å². The molecule has 0 aliphatic carbocycles. The Labute approximate surface area is 199 Å². The van der Waals surface area contributed by atoms with Gasteiger partial charge in [0.25, 0.3) is 5.91 Å². The molecular formula is C24H33N3O7. The van der Waals surface area contributed by atoms with Crippen LogP contribution in [0.25, 0.3) is 0 Å². The highest BCUT2D eigenvalue weighted by Gasteiger charge is 2.08. The molecular weight excluding hydrogens is 442 g/mol. The minimum Gasteiger partial charge on any atom is -0.619 e. The molecule has 0 spiro atoms. The summed E-state index contributed by atoms with van der Waals surface area (Å²) >= 11 is 0. The molecule has 0 atom stereocenters. The van der Waals surface area contributed by atoms with E-state index in [4.69, 9.17) is 24.5 Å². The highest BCUT2D eigenvalue weighted by Crippen LogP contribution is 2.15. The van der Waals surface area contributed by atoms with Gasteiger partial charge in [-0.05, 0) is 56.1 Å². The minimum absolute atomic E-state index is 0.251. The summed E-state index contributed by atoms with van der Waals surface area (Å²) < 4.78 is 6.45. The molecule has 186 valence electrons. The lowest BCUT2D eigenvalue weighted by molar-refractivity contribution is -0.605. The molecule has 3 N–H and O–H groups in total. The molecule has 10 heteroatoms. The van der Waals surface area contributed by atoms with Gasteiger partial charge in [-0.3, -0.25) is 9.69 Å². The second-order valence-electron chi connectivity index (χ2n) is 7.44. The summed E-state index contributed by atoms with van der Waals surface area (Å²) in [4.78, 5) is 32.6. The summed E-state index contributed by atoms with van der Waals surface area (Å²) in [5.74, 6) is -3.05. The quantitative estimate of drug-likeness (QED) is 0.184. The lowest BCUT2D eigenvalue weighted by atomic mass is 10.2.